The molecule has 6 heteroatoms. The summed E-state index contributed by atoms with van der Waals surface area (Å²) in [7, 11) is -1.67. The topological polar surface area (TPSA) is 66.5 Å². The molecule has 0 bridgehead atoms. The fourth-order valence-corrected chi connectivity index (χ4v) is 2.62. The predicted molar refractivity (Wildman–Crippen MR) is 75.0 cm³/mol. The first-order valence-electron chi connectivity index (χ1n) is 6.20. The number of sulfonamides is 1. The highest BCUT2D eigenvalue weighted by atomic mass is 32.2. The first kappa shape index (κ1) is 15.7. The Bertz CT molecular complexity index is 500. The van der Waals surface area contributed by atoms with E-state index in [0.717, 1.165) is 5.56 Å². The third-order valence-corrected chi connectivity index (χ3v) is 4.13. The number of carbonyl (C=O) groups is 1. The van der Waals surface area contributed by atoms with Gasteiger partial charge in [-0.2, -0.15) is 0 Å². The number of benzene rings is 1. The second-order valence-corrected chi connectivity index (χ2v) is 6.30. The Hall–Kier alpha value is -1.40. The van der Waals surface area contributed by atoms with Crippen molar-refractivity contribution in [2.24, 2.45) is 0 Å². The highest BCUT2D eigenvalue weighted by molar-refractivity contribution is 7.89. The Morgan fingerprint density at radius 3 is 2.47 bits per heavy atom. The molecule has 0 radical (unpaired) electrons. The molecule has 0 atom stereocenters. The van der Waals surface area contributed by atoms with Gasteiger partial charge in [0.05, 0.1) is 12.3 Å². The lowest BCUT2D eigenvalue weighted by Gasteiger charge is -2.17. The SMILES string of the molecule is CCCS(=O)(=O)NCC(=O)N(C)Cc1ccccc1. The summed E-state index contributed by atoms with van der Waals surface area (Å²) in [5.41, 5.74) is 1.01. The molecule has 1 amide bonds. The zero-order chi connectivity index (χ0) is 14.3. The maximum Gasteiger partial charge on any atom is 0.237 e. The Labute approximate surface area is 114 Å². The summed E-state index contributed by atoms with van der Waals surface area (Å²) in [5, 5.41) is 0. The number of carbonyl (C=O) groups excluding carboxylic acids is 1. The van der Waals surface area contributed by atoms with Gasteiger partial charge in [-0.3, -0.25) is 4.79 Å². The molecule has 0 aromatic heterocycles. The van der Waals surface area contributed by atoms with Crippen molar-refractivity contribution in [3.8, 4) is 0 Å². The van der Waals surface area contributed by atoms with E-state index in [1.807, 2.05) is 30.3 Å². The van der Waals surface area contributed by atoms with Gasteiger partial charge in [0.1, 0.15) is 0 Å². The number of nitrogens with zero attached hydrogens (tertiary/aromatic N) is 1. The van der Waals surface area contributed by atoms with E-state index in [9.17, 15) is 13.2 Å². The highest BCUT2D eigenvalue weighted by Crippen LogP contribution is 2.02. The van der Waals surface area contributed by atoms with Crippen molar-refractivity contribution in [3.63, 3.8) is 0 Å². The van der Waals surface area contributed by atoms with Crippen LogP contribution in [0.3, 0.4) is 0 Å². The second-order valence-electron chi connectivity index (χ2n) is 4.38. The van der Waals surface area contributed by atoms with Gasteiger partial charge in [-0.15, -0.1) is 0 Å². The van der Waals surface area contributed by atoms with Crippen LogP contribution in [0, 0.1) is 0 Å². The van der Waals surface area contributed by atoms with Gasteiger partial charge in [-0.1, -0.05) is 37.3 Å². The molecule has 0 aliphatic carbocycles. The average Bonchev–Trinajstić information content (AvgIpc) is 2.37. The summed E-state index contributed by atoms with van der Waals surface area (Å²) in [4.78, 5) is 13.3. The molecule has 1 N–H and O–H groups in total. The van der Waals surface area contributed by atoms with Crippen LogP contribution in [0.2, 0.25) is 0 Å². The second kappa shape index (κ2) is 7.25. The van der Waals surface area contributed by atoms with E-state index in [4.69, 9.17) is 0 Å². The van der Waals surface area contributed by atoms with E-state index >= 15 is 0 Å². The molecule has 0 spiro atoms. The zero-order valence-electron chi connectivity index (χ0n) is 11.3. The summed E-state index contributed by atoms with van der Waals surface area (Å²) < 4.78 is 25.2. The van der Waals surface area contributed by atoms with Gasteiger partial charge in [0.15, 0.2) is 0 Å². The van der Waals surface area contributed by atoms with Crippen molar-refractivity contribution >= 4 is 15.9 Å². The minimum Gasteiger partial charge on any atom is -0.340 e. The van der Waals surface area contributed by atoms with E-state index in [1.54, 1.807) is 14.0 Å². The van der Waals surface area contributed by atoms with Gasteiger partial charge in [0, 0.05) is 13.6 Å². The van der Waals surface area contributed by atoms with Gasteiger partial charge in [-0.25, -0.2) is 13.1 Å². The van der Waals surface area contributed by atoms with Crippen molar-refractivity contribution in [3.05, 3.63) is 35.9 Å². The van der Waals surface area contributed by atoms with E-state index in [-0.39, 0.29) is 18.2 Å². The summed E-state index contributed by atoms with van der Waals surface area (Å²) >= 11 is 0. The third kappa shape index (κ3) is 5.85. The molecule has 1 aromatic carbocycles. The minimum absolute atomic E-state index is 0.0443. The first-order valence-corrected chi connectivity index (χ1v) is 7.85. The smallest absolute Gasteiger partial charge is 0.237 e. The molecule has 0 fully saturated rings. The van der Waals surface area contributed by atoms with Crippen molar-refractivity contribution in [1.82, 2.24) is 9.62 Å². The molecule has 0 saturated heterocycles. The van der Waals surface area contributed by atoms with Crippen molar-refractivity contribution < 1.29 is 13.2 Å². The highest BCUT2D eigenvalue weighted by Gasteiger charge is 2.14. The van der Waals surface area contributed by atoms with Crippen LogP contribution in [-0.4, -0.2) is 38.6 Å². The lowest BCUT2D eigenvalue weighted by Crippen LogP contribution is -2.38. The third-order valence-electron chi connectivity index (χ3n) is 2.60. The van der Waals surface area contributed by atoms with Gasteiger partial charge in [0.25, 0.3) is 0 Å². The van der Waals surface area contributed by atoms with Gasteiger partial charge < -0.3 is 4.90 Å². The van der Waals surface area contributed by atoms with Crippen LogP contribution in [0.25, 0.3) is 0 Å². The number of nitrogens with one attached hydrogen (secondary N) is 1. The van der Waals surface area contributed by atoms with Crippen molar-refractivity contribution in [2.45, 2.75) is 19.9 Å². The Balaban J connectivity index is 2.46. The van der Waals surface area contributed by atoms with E-state index < -0.39 is 10.0 Å². The normalized spacial score (nSPS) is 11.3. The molecule has 1 aromatic rings. The molecule has 106 valence electrons. The summed E-state index contributed by atoms with van der Waals surface area (Å²) in [6.45, 7) is 2.06. The molecule has 0 aliphatic heterocycles. The standard InChI is InChI=1S/C13H20N2O3S/c1-3-9-19(17,18)14-10-13(16)15(2)11-12-7-5-4-6-8-12/h4-8,14H,3,9-11H2,1-2H3. The maximum absolute atomic E-state index is 11.8. The van der Waals surface area contributed by atoms with Gasteiger partial charge in [0.2, 0.25) is 15.9 Å². The molecular formula is C13H20N2O3S. The summed E-state index contributed by atoms with van der Waals surface area (Å²) in [6.07, 6.45) is 0.531. The molecular weight excluding hydrogens is 264 g/mol. The lowest BCUT2D eigenvalue weighted by molar-refractivity contribution is -0.129. The van der Waals surface area contributed by atoms with Crippen LogP contribution in [0.4, 0.5) is 0 Å². The monoisotopic (exact) mass is 284 g/mol. The van der Waals surface area contributed by atoms with E-state index in [0.29, 0.717) is 13.0 Å². The number of hydrogen-bond donors (Lipinski definition) is 1. The van der Waals surface area contributed by atoms with Crippen LogP contribution in [0.15, 0.2) is 30.3 Å². The van der Waals surface area contributed by atoms with Crippen LogP contribution < -0.4 is 4.72 Å². The fraction of sp³-hybridized carbons (Fsp3) is 0.462. The number of rotatable bonds is 7. The zero-order valence-corrected chi connectivity index (χ0v) is 12.1. The summed E-state index contributed by atoms with van der Waals surface area (Å²) in [5.74, 6) is -0.202. The molecule has 1 rings (SSSR count). The van der Waals surface area contributed by atoms with Crippen molar-refractivity contribution in [2.75, 3.05) is 19.3 Å². The van der Waals surface area contributed by atoms with E-state index in [1.165, 1.54) is 4.90 Å². The Kier molecular flexibility index (Phi) is 5.98. The van der Waals surface area contributed by atoms with Crippen molar-refractivity contribution in [1.29, 1.82) is 0 Å². The largest absolute Gasteiger partial charge is 0.340 e. The summed E-state index contributed by atoms with van der Waals surface area (Å²) in [6, 6.07) is 9.55. The first-order chi connectivity index (χ1) is 8.94. The number of likely N-dealkylation sites (N-methyl/N-ethyl adjacent to an activating group) is 1. The lowest BCUT2D eigenvalue weighted by atomic mass is 10.2. The van der Waals surface area contributed by atoms with E-state index in [2.05, 4.69) is 4.72 Å². The van der Waals surface area contributed by atoms with Crippen LogP contribution >= 0.6 is 0 Å². The fourth-order valence-electron chi connectivity index (χ4n) is 1.59. The van der Waals surface area contributed by atoms with Crippen LogP contribution in [-0.2, 0) is 21.4 Å². The molecule has 0 unspecified atom stereocenters. The maximum atomic E-state index is 11.8. The average molecular weight is 284 g/mol. The van der Waals surface area contributed by atoms with Gasteiger partial charge in [-0.05, 0) is 12.0 Å². The number of amides is 1. The quantitative estimate of drug-likeness (QED) is 0.811. The molecule has 5 nitrogen and oxygen atoms in total. The number of hydrogen-bond acceptors (Lipinski definition) is 3. The van der Waals surface area contributed by atoms with Crippen LogP contribution in [0.1, 0.15) is 18.9 Å². The van der Waals surface area contributed by atoms with Gasteiger partial charge >= 0.3 is 0 Å². The molecule has 0 heterocycles. The van der Waals surface area contributed by atoms with Crippen LogP contribution in [0.5, 0.6) is 0 Å². The molecule has 19 heavy (non-hydrogen) atoms. The Morgan fingerprint density at radius 2 is 1.89 bits per heavy atom. The molecule has 0 aliphatic rings. The molecule has 0 saturated carbocycles. The predicted octanol–water partition coefficient (Wildman–Crippen LogP) is 0.974. The minimum atomic E-state index is -3.33. The Morgan fingerprint density at radius 1 is 1.26 bits per heavy atom.